The van der Waals surface area contributed by atoms with E-state index < -0.39 is 32.3 Å². The minimum Gasteiger partial charge on any atom is -0.453 e. The zero-order valence-electron chi connectivity index (χ0n) is 35.7. The molecule has 322 valence electrons. The number of fused-ring (bicyclic) bond motifs is 3. The van der Waals surface area contributed by atoms with Gasteiger partial charge in [-0.05, 0) is 77.8 Å². The molecule has 4 atom stereocenters. The highest BCUT2D eigenvalue weighted by Crippen LogP contribution is 2.40. The largest absolute Gasteiger partial charge is 0.453 e. The molecule has 0 unspecified atom stereocenters. The van der Waals surface area contributed by atoms with Crippen LogP contribution >= 0.6 is 0 Å². The Hall–Kier alpha value is -5.74. The highest BCUT2D eigenvalue weighted by molar-refractivity contribution is 6.78. The van der Waals surface area contributed by atoms with E-state index in [0.29, 0.717) is 38.8 Å². The van der Waals surface area contributed by atoms with Crippen LogP contribution in [0.25, 0.3) is 44.2 Å². The standard InChI is InChI=1S/C45H56N8O7Si/c1-26(2)37(50-44(56)58-3)42(54)52-19-7-8-35(52)40-46-23-34(48-40)28-11-9-27(10-12-28)30-13-15-32-31(22-30)14-16-33-39(32)49-41(47-33)36-24-61(5,6)25-53(36)43(55)38(51-45(57)59-4)29-17-20-60-21-18-29/h9-16,22-23,26,29,35-38H,7-8,17-21,24-25H2,1-6H3,(H,46,48)(H,47,49)(H,50,56)(H,51,57)/t35-,36-,37-,38-/m0/s1. The second kappa shape index (κ2) is 17.3. The quantitative estimate of drug-likeness (QED) is 0.107. The Kier molecular flexibility index (Phi) is 11.9. The number of benzene rings is 3. The lowest BCUT2D eigenvalue weighted by Crippen LogP contribution is -2.53. The van der Waals surface area contributed by atoms with E-state index in [2.05, 4.69) is 82.2 Å². The third-order valence-corrected chi connectivity index (χ3v) is 15.3. The number of H-pyrrole nitrogens is 2. The number of aromatic nitrogens is 4. The molecule has 3 fully saturated rings. The Labute approximate surface area is 356 Å². The average Bonchev–Trinajstić information content (AvgIpc) is 4.10. The molecular weight excluding hydrogens is 793 g/mol. The van der Waals surface area contributed by atoms with Crippen molar-refractivity contribution in [2.24, 2.45) is 11.8 Å². The van der Waals surface area contributed by atoms with E-state index in [1.54, 1.807) is 0 Å². The van der Waals surface area contributed by atoms with E-state index in [-0.39, 0.29) is 35.7 Å². The summed E-state index contributed by atoms with van der Waals surface area (Å²) < 4.78 is 15.3. The van der Waals surface area contributed by atoms with E-state index in [1.165, 1.54) is 14.2 Å². The molecule has 4 amide bonds. The van der Waals surface area contributed by atoms with Crippen molar-refractivity contribution in [1.29, 1.82) is 0 Å². The Morgan fingerprint density at radius 2 is 1.52 bits per heavy atom. The van der Waals surface area contributed by atoms with Gasteiger partial charge in [0.1, 0.15) is 23.7 Å². The van der Waals surface area contributed by atoms with E-state index in [0.717, 1.165) is 74.7 Å². The molecule has 0 bridgehead atoms. The normalized spacial score (nSPS) is 20.2. The molecule has 2 aromatic heterocycles. The molecule has 5 aromatic rings. The summed E-state index contributed by atoms with van der Waals surface area (Å²) >= 11 is 0. The Balaban J connectivity index is 1.000. The van der Waals surface area contributed by atoms with Gasteiger partial charge in [-0.25, -0.2) is 19.6 Å². The molecule has 0 aliphatic carbocycles. The molecule has 15 nitrogen and oxygen atoms in total. The molecule has 3 aromatic carbocycles. The summed E-state index contributed by atoms with van der Waals surface area (Å²) in [5.41, 5.74) is 5.74. The molecule has 0 spiro atoms. The number of alkyl carbamates (subject to hydrolysis) is 2. The molecular formula is C45H56N8O7Si. The first-order valence-electron chi connectivity index (χ1n) is 21.3. The second-order valence-electron chi connectivity index (χ2n) is 17.7. The van der Waals surface area contributed by atoms with Crippen molar-refractivity contribution in [1.82, 2.24) is 40.4 Å². The number of likely N-dealkylation sites (tertiary alicyclic amines) is 1. The van der Waals surface area contributed by atoms with Crippen molar-refractivity contribution < 1.29 is 33.4 Å². The van der Waals surface area contributed by atoms with Gasteiger partial charge in [-0.2, -0.15) is 0 Å². The van der Waals surface area contributed by atoms with Gasteiger partial charge < -0.3 is 44.6 Å². The molecule has 16 heteroatoms. The number of hydrogen-bond acceptors (Lipinski definition) is 9. The van der Waals surface area contributed by atoms with Crippen molar-refractivity contribution in [2.45, 2.75) is 82.8 Å². The monoisotopic (exact) mass is 848 g/mol. The van der Waals surface area contributed by atoms with Crippen LogP contribution in [0.3, 0.4) is 0 Å². The Morgan fingerprint density at radius 1 is 0.820 bits per heavy atom. The van der Waals surface area contributed by atoms with Gasteiger partial charge in [0.15, 0.2) is 0 Å². The number of carbonyl (C=O) groups is 4. The maximum atomic E-state index is 14.4. The highest BCUT2D eigenvalue weighted by Gasteiger charge is 2.47. The number of amides is 4. The van der Waals surface area contributed by atoms with Gasteiger partial charge in [-0.1, -0.05) is 69.4 Å². The topological polar surface area (TPSA) is 184 Å². The van der Waals surface area contributed by atoms with Crippen molar-refractivity contribution >= 4 is 53.9 Å². The van der Waals surface area contributed by atoms with Gasteiger partial charge in [0.25, 0.3) is 0 Å². The highest BCUT2D eigenvalue weighted by atomic mass is 28.3. The maximum Gasteiger partial charge on any atom is 0.407 e. The first kappa shape index (κ1) is 42.0. The second-order valence-corrected chi connectivity index (χ2v) is 22.8. The van der Waals surface area contributed by atoms with Crippen LogP contribution in [0.5, 0.6) is 0 Å². The first-order chi connectivity index (χ1) is 29.3. The van der Waals surface area contributed by atoms with E-state index >= 15 is 0 Å². The van der Waals surface area contributed by atoms with E-state index in [1.807, 2.05) is 35.9 Å². The minimum absolute atomic E-state index is 0.0378. The van der Waals surface area contributed by atoms with Crippen molar-refractivity contribution in [3.05, 3.63) is 72.4 Å². The fraction of sp³-hybridized carbons (Fsp3) is 0.467. The molecule has 8 rings (SSSR count). The fourth-order valence-corrected chi connectivity index (χ4v) is 12.3. The average molecular weight is 849 g/mol. The molecule has 5 heterocycles. The van der Waals surface area contributed by atoms with Gasteiger partial charge in [0, 0.05) is 31.3 Å². The molecule has 3 aliphatic heterocycles. The molecule has 0 saturated carbocycles. The SMILES string of the molecule is COC(=O)N[C@H](C(=O)N1CCC[C@H]1c1ncc(-c2ccc(-c3ccc4c(ccc5nc([C@@H]6C[Si](C)(C)CN6C(=O)[C@@H](NC(=O)OC)C6CCOCC6)[nH]c54)c3)cc2)[nH]1)C(C)C. The van der Waals surface area contributed by atoms with Gasteiger partial charge in [-0.3, -0.25) is 9.59 Å². The zero-order valence-corrected chi connectivity index (χ0v) is 36.7. The summed E-state index contributed by atoms with van der Waals surface area (Å²) in [6.07, 6.45) is 4.26. The van der Waals surface area contributed by atoms with Gasteiger partial charge >= 0.3 is 12.2 Å². The lowest BCUT2D eigenvalue weighted by Gasteiger charge is -2.34. The van der Waals surface area contributed by atoms with Gasteiger partial charge in [-0.15, -0.1) is 0 Å². The van der Waals surface area contributed by atoms with E-state index in [4.69, 9.17) is 24.2 Å². The van der Waals surface area contributed by atoms with Crippen LogP contribution in [0.2, 0.25) is 19.1 Å². The third-order valence-electron chi connectivity index (χ3n) is 12.6. The van der Waals surface area contributed by atoms with Crippen LogP contribution in [0.4, 0.5) is 9.59 Å². The summed E-state index contributed by atoms with van der Waals surface area (Å²) in [4.78, 5) is 73.1. The zero-order chi connectivity index (χ0) is 43.0. The number of carbonyl (C=O) groups excluding carboxylic acids is 4. The Bertz CT molecular complexity index is 2420. The summed E-state index contributed by atoms with van der Waals surface area (Å²) in [6, 6.07) is 17.9. The molecule has 3 saturated heterocycles. The number of methoxy groups -OCH3 is 2. The van der Waals surface area contributed by atoms with Crippen molar-refractivity contribution in [3.63, 3.8) is 0 Å². The fourth-order valence-electron chi connectivity index (χ4n) is 9.39. The van der Waals surface area contributed by atoms with E-state index in [9.17, 15) is 19.2 Å². The van der Waals surface area contributed by atoms with Crippen molar-refractivity contribution in [2.75, 3.05) is 40.1 Å². The summed E-state index contributed by atoms with van der Waals surface area (Å²) in [7, 11) is 0.800. The molecule has 4 N–H and O–H groups in total. The number of hydrogen-bond donors (Lipinski definition) is 4. The van der Waals surface area contributed by atoms with Crippen LogP contribution in [-0.2, 0) is 23.8 Å². The van der Waals surface area contributed by atoms with Crippen LogP contribution in [0, 0.1) is 11.8 Å². The van der Waals surface area contributed by atoms with Gasteiger partial charge in [0.2, 0.25) is 11.8 Å². The van der Waals surface area contributed by atoms with Crippen molar-refractivity contribution in [3.8, 4) is 22.4 Å². The Morgan fingerprint density at radius 3 is 2.25 bits per heavy atom. The maximum absolute atomic E-state index is 14.4. The number of aromatic amines is 2. The predicted molar refractivity (Wildman–Crippen MR) is 234 cm³/mol. The minimum atomic E-state index is -1.81. The van der Waals surface area contributed by atoms with Crippen LogP contribution < -0.4 is 10.6 Å². The predicted octanol–water partition coefficient (Wildman–Crippen LogP) is 7.10. The first-order valence-corrected chi connectivity index (χ1v) is 24.7. The van der Waals surface area contributed by atoms with Gasteiger partial charge in [0.05, 0.1) is 57.3 Å². The number of nitrogens with zero attached hydrogens (tertiary/aromatic N) is 4. The van der Waals surface area contributed by atoms with Crippen LogP contribution in [-0.4, -0.2) is 114 Å². The number of imidazole rings is 2. The molecule has 3 aliphatic rings. The third kappa shape index (κ3) is 8.60. The summed E-state index contributed by atoms with van der Waals surface area (Å²) in [6.45, 7) is 10.1. The number of ether oxygens (including phenoxy) is 3. The smallest absolute Gasteiger partial charge is 0.407 e. The van der Waals surface area contributed by atoms with Crippen LogP contribution in [0.15, 0.2) is 60.8 Å². The number of nitrogens with one attached hydrogen (secondary N) is 4. The lowest BCUT2D eigenvalue weighted by atomic mass is 9.90. The molecule has 61 heavy (non-hydrogen) atoms. The summed E-state index contributed by atoms with van der Waals surface area (Å²) in [5.74, 6) is 1.11. The number of rotatable bonds is 10. The summed E-state index contributed by atoms with van der Waals surface area (Å²) in [5, 5.41) is 7.68. The van der Waals surface area contributed by atoms with Crippen LogP contribution in [0.1, 0.15) is 63.3 Å². The lowest BCUT2D eigenvalue weighted by molar-refractivity contribution is -0.136. The molecule has 0 radical (unpaired) electrons.